The summed E-state index contributed by atoms with van der Waals surface area (Å²) in [4.78, 5) is 15.0. The van der Waals surface area contributed by atoms with Gasteiger partial charge in [-0.15, -0.1) is 12.4 Å². The number of nitrogens with one attached hydrogen (secondary N) is 1. The van der Waals surface area contributed by atoms with E-state index in [9.17, 15) is 4.79 Å². The number of piperidine rings is 1. The van der Waals surface area contributed by atoms with E-state index in [1.807, 2.05) is 0 Å². The number of methoxy groups -OCH3 is 1. The molecule has 3 rings (SSSR count). The minimum Gasteiger partial charge on any atom is -0.385 e. The predicted octanol–water partition coefficient (Wildman–Crippen LogP) is 2.61. The van der Waals surface area contributed by atoms with Crippen LogP contribution in [0, 0.1) is 11.3 Å². The van der Waals surface area contributed by atoms with Gasteiger partial charge in [0.2, 0.25) is 5.91 Å². The van der Waals surface area contributed by atoms with Crippen LogP contribution in [-0.2, 0) is 9.53 Å². The van der Waals surface area contributed by atoms with E-state index in [-0.39, 0.29) is 17.8 Å². The standard InChI is InChI=1S/C17H30N2O2.ClH/c1-21-12-9-17(7-2-8-17)16(20)19-10-5-15(6-11-19)18-13-14-3-4-14;/h14-15,18H,2-13H2,1H3;1H. The number of hydrogen-bond acceptors (Lipinski definition) is 3. The highest BCUT2D eigenvalue weighted by molar-refractivity contribution is 5.85. The second kappa shape index (κ2) is 7.98. The Balaban J connectivity index is 0.00000176. The molecule has 0 spiro atoms. The zero-order chi connectivity index (χ0) is 14.7. The number of hydrogen-bond donors (Lipinski definition) is 1. The third kappa shape index (κ3) is 4.15. The van der Waals surface area contributed by atoms with Crippen LogP contribution in [0.3, 0.4) is 0 Å². The molecular formula is C17H31ClN2O2. The van der Waals surface area contributed by atoms with Gasteiger partial charge >= 0.3 is 0 Å². The van der Waals surface area contributed by atoms with Gasteiger partial charge in [0.1, 0.15) is 0 Å². The van der Waals surface area contributed by atoms with E-state index in [1.54, 1.807) is 7.11 Å². The fourth-order valence-corrected chi connectivity index (χ4v) is 3.75. The number of nitrogens with zero attached hydrogens (tertiary/aromatic N) is 1. The third-order valence-electron chi connectivity index (χ3n) is 5.72. The molecule has 1 saturated heterocycles. The van der Waals surface area contributed by atoms with E-state index in [0.717, 1.165) is 51.1 Å². The second-order valence-electron chi connectivity index (χ2n) is 7.29. The molecule has 1 heterocycles. The summed E-state index contributed by atoms with van der Waals surface area (Å²) in [7, 11) is 1.73. The van der Waals surface area contributed by atoms with Gasteiger partial charge in [-0.3, -0.25) is 4.79 Å². The molecule has 3 aliphatic rings. The number of likely N-dealkylation sites (tertiary alicyclic amines) is 1. The molecule has 0 aromatic rings. The van der Waals surface area contributed by atoms with Crippen LogP contribution in [0.5, 0.6) is 0 Å². The molecular weight excluding hydrogens is 300 g/mol. The molecule has 0 aromatic carbocycles. The first-order chi connectivity index (χ1) is 10.2. The fourth-order valence-electron chi connectivity index (χ4n) is 3.75. The lowest BCUT2D eigenvalue weighted by Gasteiger charge is -2.45. The molecule has 1 N–H and O–H groups in total. The van der Waals surface area contributed by atoms with Crippen LogP contribution in [0.15, 0.2) is 0 Å². The third-order valence-corrected chi connectivity index (χ3v) is 5.72. The first-order valence-electron chi connectivity index (χ1n) is 8.75. The predicted molar refractivity (Wildman–Crippen MR) is 90.4 cm³/mol. The molecule has 2 saturated carbocycles. The molecule has 0 radical (unpaired) electrons. The summed E-state index contributed by atoms with van der Waals surface area (Å²) < 4.78 is 5.21. The lowest BCUT2D eigenvalue weighted by atomic mass is 9.65. The van der Waals surface area contributed by atoms with Crippen molar-refractivity contribution in [3.8, 4) is 0 Å². The van der Waals surface area contributed by atoms with E-state index in [4.69, 9.17) is 4.74 Å². The van der Waals surface area contributed by atoms with Crippen LogP contribution >= 0.6 is 12.4 Å². The maximum atomic E-state index is 12.8. The van der Waals surface area contributed by atoms with Crippen molar-refractivity contribution in [1.29, 1.82) is 0 Å². The minimum absolute atomic E-state index is 0. The molecule has 5 heteroatoms. The highest BCUT2D eigenvalue weighted by atomic mass is 35.5. The topological polar surface area (TPSA) is 41.6 Å². The molecule has 22 heavy (non-hydrogen) atoms. The van der Waals surface area contributed by atoms with E-state index < -0.39 is 0 Å². The molecule has 0 unspecified atom stereocenters. The van der Waals surface area contributed by atoms with E-state index in [1.165, 1.54) is 25.8 Å². The molecule has 0 bridgehead atoms. The van der Waals surface area contributed by atoms with Gasteiger partial charge in [-0.1, -0.05) is 6.42 Å². The van der Waals surface area contributed by atoms with Crippen LogP contribution in [0.4, 0.5) is 0 Å². The maximum Gasteiger partial charge on any atom is 0.228 e. The number of amides is 1. The summed E-state index contributed by atoms with van der Waals surface area (Å²) >= 11 is 0. The largest absolute Gasteiger partial charge is 0.385 e. The quantitative estimate of drug-likeness (QED) is 0.780. The molecule has 0 aromatic heterocycles. The summed E-state index contributed by atoms with van der Waals surface area (Å²) in [5.74, 6) is 1.35. The number of ether oxygens (including phenoxy) is 1. The van der Waals surface area contributed by atoms with E-state index >= 15 is 0 Å². The van der Waals surface area contributed by atoms with Crippen molar-refractivity contribution in [2.45, 2.75) is 57.4 Å². The summed E-state index contributed by atoms with van der Waals surface area (Å²) in [5, 5.41) is 3.69. The van der Waals surface area contributed by atoms with Crippen molar-refractivity contribution >= 4 is 18.3 Å². The maximum absolute atomic E-state index is 12.8. The molecule has 1 amide bonds. The minimum atomic E-state index is -0.0791. The average molecular weight is 331 g/mol. The van der Waals surface area contributed by atoms with Gasteiger partial charge in [-0.2, -0.15) is 0 Å². The monoisotopic (exact) mass is 330 g/mol. The zero-order valence-corrected chi connectivity index (χ0v) is 14.6. The summed E-state index contributed by atoms with van der Waals surface area (Å²) in [6, 6.07) is 0.631. The molecule has 2 aliphatic carbocycles. The molecule has 128 valence electrons. The Hall–Kier alpha value is -0.320. The van der Waals surface area contributed by atoms with Crippen LogP contribution < -0.4 is 5.32 Å². The first kappa shape index (κ1) is 18.0. The second-order valence-corrected chi connectivity index (χ2v) is 7.29. The van der Waals surface area contributed by atoms with Crippen molar-refractivity contribution in [2.75, 3.05) is 33.4 Å². The lowest BCUT2D eigenvalue weighted by molar-refractivity contribution is -0.150. The molecule has 1 aliphatic heterocycles. The Morgan fingerprint density at radius 1 is 1.23 bits per heavy atom. The SMILES string of the molecule is COCCC1(C(=O)N2CCC(NCC3CC3)CC2)CCC1.Cl. The van der Waals surface area contributed by atoms with Gasteiger partial charge in [-0.05, 0) is 57.4 Å². The Morgan fingerprint density at radius 3 is 2.41 bits per heavy atom. The highest BCUT2D eigenvalue weighted by Crippen LogP contribution is 2.45. The van der Waals surface area contributed by atoms with Crippen molar-refractivity contribution in [1.82, 2.24) is 10.2 Å². The number of carbonyl (C=O) groups is 1. The first-order valence-corrected chi connectivity index (χ1v) is 8.75. The van der Waals surface area contributed by atoms with Gasteiger partial charge < -0.3 is 15.0 Å². The van der Waals surface area contributed by atoms with Crippen molar-refractivity contribution < 1.29 is 9.53 Å². The van der Waals surface area contributed by atoms with Crippen LogP contribution in [0.1, 0.15) is 51.4 Å². The number of halogens is 1. The molecule has 4 nitrogen and oxygen atoms in total. The lowest BCUT2D eigenvalue weighted by Crippen LogP contribution is -2.53. The summed E-state index contributed by atoms with van der Waals surface area (Å²) in [5.41, 5.74) is -0.0791. The smallest absolute Gasteiger partial charge is 0.228 e. The number of rotatable bonds is 7. The van der Waals surface area contributed by atoms with Crippen LogP contribution in [0.25, 0.3) is 0 Å². The Kier molecular flexibility index (Phi) is 6.54. The van der Waals surface area contributed by atoms with Gasteiger partial charge in [-0.25, -0.2) is 0 Å². The van der Waals surface area contributed by atoms with Gasteiger partial charge in [0, 0.05) is 32.8 Å². The highest BCUT2D eigenvalue weighted by Gasteiger charge is 2.46. The summed E-state index contributed by atoms with van der Waals surface area (Å²) in [6.45, 7) is 3.79. The average Bonchev–Trinajstić information content (AvgIpc) is 3.29. The number of carbonyl (C=O) groups excluding carboxylic acids is 1. The van der Waals surface area contributed by atoms with E-state index in [2.05, 4.69) is 10.2 Å². The van der Waals surface area contributed by atoms with Crippen molar-refractivity contribution in [3.63, 3.8) is 0 Å². The van der Waals surface area contributed by atoms with Gasteiger partial charge in [0.15, 0.2) is 0 Å². The van der Waals surface area contributed by atoms with Crippen LogP contribution in [-0.4, -0.2) is 50.2 Å². The normalized spacial score (nSPS) is 24.5. The fraction of sp³-hybridized carbons (Fsp3) is 0.941. The zero-order valence-electron chi connectivity index (χ0n) is 13.8. The van der Waals surface area contributed by atoms with Crippen LogP contribution in [0.2, 0.25) is 0 Å². The van der Waals surface area contributed by atoms with Gasteiger partial charge in [0.05, 0.1) is 5.41 Å². The summed E-state index contributed by atoms with van der Waals surface area (Å²) in [6.07, 6.45) is 9.30. The Morgan fingerprint density at radius 2 is 1.91 bits per heavy atom. The molecule has 0 atom stereocenters. The van der Waals surface area contributed by atoms with Crippen molar-refractivity contribution in [2.24, 2.45) is 11.3 Å². The van der Waals surface area contributed by atoms with E-state index in [0.29, 0.717) is 18.6 Å². The Labute approximate surface area is 140 Å². The Bertz CT molecular complexity index is 362. The van der Waals surface area contributed by atoms with Crippen molar-refractivity contribution in [3.05, 3.63) is 0 Å². The van der Waals surface area contributed by atoms with Gasteiger partial charge in [0.25, 0.3) is 0 Å². The molecule has 3 fully saturated rings.